The molecule has 0 unspecified atom stereocenters. The van der Waals surface area contributed by atoms with Gasteiger partial charge in [0.15, 0.2) is 17.2 Å². The highest BCUT2D eigenvalue weighted by Crippen LogP contribution is 2.42. The van der Waals surface area contributed by atoms with Gasteiger partial charge in [0.25, 0.3) is 5.91 Å². The number of methoxy groups -OCH3 is 1. The summed E-state index contributed by atoms with van der Waals surface area (Å²) < 4.78 is 13.9. The largest absolute Gasteiger partial charge is 0.493 e. The van der Waals surface area contributed by atoms with Crippen molar-refractivity contribution in [3.63, 3.8) is 0 Å². The molecule has 0 atom stereocenters. The van der Waals surface area contributed by atoms with Gasteiger partial charge in [-0.1, -0.05) is 34.1 Å². The van der Waals surface area contributed by atoms with Gasteiger partial charge in [0, 0.05) is 16.9 Å². The Morgan fingerprint density at radius 1 is 1.19 bits per heavy atom. The van der Waals surface area contributed by atoms with E-state index in [1.807, 2.05) is 42.5 Å². The fraction of sp³-hybridized carbons (Fsp3) is 0.348. The van der Waals surface area contributed by atoms with Gasteiger partial charge in [-0.3, -0.25) is 4.79 Å². The third-order valence-electron chi connectivity index (χ3n) is 5.10. The van der Waals surface area contributed by atoms with E-state index in [-0.39, 0.29) is 5.91 Å². The third kappa shape index (κ3) is 4.90. The summed E-state index contributed by atoms with van der Waals surface area (Å²) in [5.41, 5.74) is 3.08. The summed E-state index contributed by atoms with van der Waals surface area (Å²) in [7, 11) is 1.61. The molecule has 1 amide bonds. The fourth-order valence-electron chi connectivity index (χ4n) is 3.37. The molecule has 1 N–H and O–H groups in total. The van der Waals surface area contributed by atoms with E-state index in [0.29, 0.717) is 36.3 Å². The summed E-state index contributed by atoms with van der Waals surface area (Å²) in [6.07, 6.45) is 3.01. The van der Waals surface area contributed by atoms with Gasteiger partial charge in [-0.2, -0.15) is 0 Å². The van der Waals surface area contributed by atoms with Gasteiger partial charge < -0.3 is 14.8 Å². The Kier molecular flexibility index (Phi) is 6.56. The maximum atomic E-state index is 12.9. The Bertz CT molecular complexity index is 1060. The van der Waals surface area contributed by atoms with E-state index >= 15 is 0 Å². The van der Waals surface area contributed by atoms with Crippen molar-refractivity contribution >= 4 is 21.8 Å². The van der Waals surface area contributed by atoms with Gasteiger partial charge in [-0.05, 0) is 61.2 Å². The molecule has 3 aromatic rings. The smallest absolute Gasteiger partial charge is 0.274 e. The Morgan fingerprint density at radius 3 is 2.65 bits per heavy atom. The van der Waals surface area contributed by atoms with Crippen LogP contribution in [0.3, 0.4) is 0 Å². The molecule has 1 aromatic heterocycles. The molecule has 0 radical (unpaired) electrons. The van der Waals surface area contributed by atoms with Crippen LogP contribution < -0.4 is 14.8 Å². The van der Waals surface area contributed by atoms with Crippen molar-refractivity contribution in [3.05, 3.63) is 63.9 Å². The maximum Gasteiger partial charge on any atom is 0.274 e. The standard InChI is InChI=1S/C23H25BrN4O3/c1-3-12-31-19-11-4-15(13-20(19)30-2)14-25-23(29)21-22(16-5-6-16)28(27-26-21)18-9-7-17(24)8-10-18/h4,7-11,13,16H,3,5-6,12,14H2,1-2H3,(H,25,29). The third-order valence-corrected chi connectivity index (χ3v) is 5.63. The SMILES string of the molecule is CCCOc1ccc(CNC(=O)c2nnn(-c3ccc(Br)cc3)c2C2CC2)cc1OC. The van der Waals surface area contributed by atoms with Gasteiger partial charge >= 0.3 is 0 Å². The number of hydrogen-bond acceptors (Lipinski definition) is 5. The van der Waals surface area contributed by atoms with Crippen molar-refractivity contribution in [1.82, 2.24) is 20.3 Å². The number of carbonyl (C=O) groups is 1. The number of carbonyl (C=O) groups excluding carboxylic acids is 1. The summed E-state index contributed by atoms with van der Waals surface area (Å²) in [6, 6.07) is 13.5. The lowest BCUT2D eigenvalue weighted by atomic mass is 10.1. The zero-order valence-electron chi connectivity index (χ0n) is 17.6. The monoisotopic (exact) mass is 484 g/mol. The normalized spacial score (nSPS) is 13.1. The van der Waals surface area contributed by atoms with Crippen LogP contribution in [0.2, 0.25) is 0 Å². The molecule has 0 bridgehead atoms. The molecule has 0 aliphatic heterocycles. The lowest BCUT2D eigenvalue weighted by Crippen LogP contribution is -2.24. The van der Waals surface area contributed by atoms with Crippen molar-refractivity contribution in [2.45, 2.75) is 38.6 Å². The highest BCUT2D eigenvalue weighted by molar-refractivity contribution is 9.10. The Morgan fingerprint density at radius 2 is 1.97 bits per heavy atom. The zero-order valence-corrected chi connectivity index (χ0v) is 19.2. The average Bonchev–Trinajstić information content (AvgIpc) is 3.54. The quantitative estimate of drug-likeness (QED) is 0.478. The number of rotatable bonds is 9. The molecule has 8 heteroatoms. The van der Waals surface area contributed by atoms with E-state index in [0.717, 1.165) is 40.7 Å². The van der Waals surface area contributed by atoms with E-state index in [1.54, 1.807) is 11.8 Å². The number of nitrogens with one attached hydrogen (secondary N) is 1. The van der Waals surface area contributed by atoms with Crippen LogP contribution >= 0.6 is 15.9 Å². The van der Waals surface area contributed by atoms with Crippen LogP contribution in [0.4, 0.5) is 0 Å². The van der Waals surface area contributed by atoms with Crippen LogP contribution in [-0.4, -0.2) is 34.6 Å². The van der Waals surface area contributed by atoms with Crippen LogP contribution in [0.15, 0.2) is 46.9 Å². The summed E-state index contributed by atoms with van der Waals surface area (Å²) in [5.74, 6) is 1.44. The van der Waals surface area contributed by atoms with Crippen LogP contribution in [0.5, 0.6) is 11.5 Å². The van der Waals surface area contributed by atoms with E-state index in [4.69, 9.17) is 9.47 Å². The first-order valence-corrected chi connectivity index (χ1v) is 11.2. The van der Waals surface area contributed by atoms with E-state index in [1.165, 1.54) is 0 Å². The molecule has 4 rings (SSSR count). The van der Waals surface area contributed by atoms with Gasteiger partial charge in [0.1, 0.15) is 0 Å². The Hall–Kier alpha value is -2.87. The first kappa shape index (κ1) is 21.4. The molecule has 1 fully saturated rings. The van der Waals surface area contributed by atoms with Gasteiger partial charge in [-0.25, -0.2) is 4.68 Å². The first-order chi connectivity index (χ1) is 15.1. The second kappa shape index (κ2) is 9.51. The lowest BCUT2D eigenvalue weighted by molar-refractivity contribution is 0.0944. The van der Waals surface area contributed by atoms with Crippen molar-refractivity contribution in [3.8, 4) is 17.2 Å². The van der Waals surface area contributed by atoms with Crippen molar-refractivity contribution < 1.29 is 14.3 Å². The molecule has 1 heterocycles. The van der Waals surface area contributed by atoms with Gasteiger partial charge in [-0.15, -0.1) is 5.10 Å². The molecule has 1 saturated carbocycles. The number of aromatic nitrogens is 3. The molecule has 162 valence electrons. The summed E-state index contributed by atoms with van der Waals surface area (Å²) in [4.78, 5) is 12.9. The maximum absolute atomic E-state index is 12.9. The molecule has 7 nitrogen and oxygen atoms in total. The van der Waals surface area contributed by atoms with Crippen LogP contribution in [0, 0.1) is 0 Å². The number of nitrogens with zero attached hydrogens (tertiary/aromatic N) is 3. The average molecular weight is 485 g/mol. The number of ether oxygens (including phenoxy) is 2. The minimum absolute atomic E-state index is 0.226. The molecule has 0 saturated heterocycles. The van der Waals surface area contributed by atoms with Gasteiger partial charge in [0.05, 0.1) is 25.1 Å². The van der Waals surface area contributed by atoms with Gasteiger partial charge in [0.2, 0.25) is 0 Å². The number of halogens is 1. The minimum atomic E-state index is -0.226. The molecule has 31 heavy (non-hydrogen) atoms. The van der Waals surface area contributed by atoms with Crippen molar-refractivity contribution in [1.29, 1.82) is 0 Å². The van der Waals surface area contributed by atoms with Crippen LogP contribution in [-0.2, 0) is 6.54 Å². The summed E-state index contributed by atoms with van der Waals surface area (Å²) >= 11 is 3.45. The minimum Gasteiger partial charge on any atom is -0.493 e. The van der Waals surface area contributed by atoms with E-state index < -0.39 is 0 Å². The second-order valence-corrected chi connectivity index (χ2v) is 8.42. The van der Waals surface area contributed by atoms with E-state index in [9.17, 15) is 4.79 Å². The van der Waals surface area contributed by atoms with Crippen molar-refractivity contribution in [2.24, 2.45) is 0 Å². The van der Waals surface area contributed by atoms with E-state index in [2.05, 4.69) is 38.5 Å². The Labute approximate surface area is 189 Å². The predicted octanol–water partition coefficient (Wildman–Crippen LogP) is 4.63. The highest BCUT2D eigenvalue weighted by atomic mass is 79.9. The zero-order chi connectivity index (χ0) is 21.8. The number of benzene rings is 2. The van der Waals surface area contributed by atoms with Crippen LogP contribution in [0.25, 0.3) is 5.69 Å². The first-order valence-electron chi connectivity index (χ1n) is 10.4. The molecular weight excluding hydrogens is 460 g/mol. The molecule has 2 aromatic carbocycles. The molecule has 1 aliphatic rings. The summed E-state index contributed by atoms with van der Waals surface area (Å²) in [5, 5.41) is 11.5. The molecule has 0 spiro atoms. The molecule has 1 aliphatic carbocycles. The highest BCUT2D eigenvalue weighted by Gasteiger charge is 2.34. The van der Waals surface area contributed by atoms with Crippen molar-refractivity contribution in [2.75, 3.05) is 13.7 Å². The summed E-state index contributed by atoms with van der Waals surface area (Å²) in [6.45, 7) is 3.04. The fourth-order valence-corrected chi connectivity index (χ4v) is 3.63. The lowest BCUT2D eigenvalue weighted by Gasteiger charge is -2.12. The predicted molar refractivity (Wildman–Crippen MR) is 121 cm³/mol. The number of hydrogen-bond donors (Lipinski definition) is 1. The number of amides is 1. The second-order valence-electron chi connectivity index (χ2n) is 7.50. The van der Waals surface area contributed by atoms with Crippen LogP contribution in [0.1, 0.15) is 53.8 Å². The molecular formula is C23H25BrN4O3. The topological polar surface area (TPSA) is 78.3 Å². The Balaban J connectivity index is 1.50.